The van der Waals surface area contributed by atoms with Crippen LogP contribution in [0.2, 0.25) is 0 Å². The van der Waals surface area contributed by atoms with Gasteiger partial charge < -0.3 is 10.2 Å². The van der Waals surface area contributed by atoms with Gasteiger partial charge in [-0.15, -0.1) is 0 Å². The van der Waals surface area contributed by atoms with Gasteiger partial charge in [0.15, 0.2) is 0 Å². The Morgan fingerprint density at radius 1 is 0.971 bits per heavy atom. The molecule has 2 rings (SSSR count). The molecule has 0 aliphatic carbocycles. The Hall–Kier alpha value is -2.94. The lowest BCUT2D eigenvalue weighted by molar-refractivity contribution is -0.139. The quantitative estimate of drug-likeness (QED) is 0.499. The Labute approximate surface area is 208 Å². The van der Waals surface area contributed by atoms with Crippen LogP contribution in [-0.4, -0.2) is 50.0 Å². The lowest BCUT2D eigenvalue weighted by Crippen LogP contribution is -2.52. The van der Waals surface area contributed by atoms with Crippen LogP contribution in [0.25, 0.3) is 0 Å². The van der Waals surface area contributed by atoms with Gasteiger partial charge in [-0.05, 0) is 61.6 Å². The van der Waals surface area contributed by atoms with Gasteiger partial charge in [-0.3, -0.25) is 13.9 Å². The highest BCUT2D eigenvalue weighted by Crippen LogP contribution is 2.23. The van der Waals surface area contributed by atoms with Crippen molar-refractivity contribution in [3.05, 3.63) is 65.5 Å². The normalized spacial score (nSPS) is 13.3. The zero-order valence-corrected chi connectivity index (χ0v) is 22.1. The fraction of sp³-hybridized carbons (Fsp3) is 0.462. The van der Waals surface area contributed by atoms with Crippen molar-refractivity contribution in [3.63, 3.8) is 0 Å². The van der Waals surface area contributed by atoms with Gasteiger partial charge in [-0.25, -0.2) is 12.8 Å². The smallest absolute Gasteiger partial charge is 0.244 e. The maximum absolute atomic E-state index is 13.5. The molecule has 0 heterocycles. The van der Waals surface area contributed by atoms with Crippen molar-refractivity contribution in [2.75, 3.05) is 17.1 Å². The second-order valence-electron chi connectivity index (χ2n) is 9.16. The molecule has 1 N–H and O–H groups in total. The van der Waals surface area contributed by atoms with Crippen molar-refractivity contribution >= 4 is 27.5 Å². The number of anilines is 1. The number of amides is 2. The average Bonchev–Trinajstić information content (AvgIpc) is 2.80. The molecule has 0 saturated carbocycles. The maximum Gasteiger partial charge on any atom is 0.244 e. The summed E-state index contributed by atoms with van der Waals surface area (Å²) in [4.78, 5) is 27.7. The number of nitrogens with zero attached hydrogens (tertiary/aromatic N) is 2. The van der Waals surface area contributed by atoms with Gasteiger partial charge in [-0.2, -0.15) is 0 Å². The van der Waals surface area contributed by atoms with Crippen molar-refractivity contribution in [1.29, 1.82) is 0 Å². The Morgan fingerprint density at radius 2 is 1.54 bits per heavy atom. The number of hydrogen-bond acceptors (Lipinski definition) is 4. The molecule has 0 fully saturated rings. The first-order valence-electron chi connectivity index (χ1n) is 11.7. The molecule has 0 aliphatic rings. The van der Waals surface area contributed by atoms with Gasteiger partial charge in [0, 0.05) is 12.6 Å². The van der Waals surface area contributed by atoms with Gasteiger partial charge in [0.2, 0.25) is 21.8 Å². The lowest BCUT2D eigenvalue weighted by Gasteiger charge is -2.32. The van der Waals surface area contributed by atoms with E-state index in [1.165, 1.54) is 29.2 Å². The first-order chi connectivity index (χ1) is 16.3. The van der Waals surface area contributed by atoms with Crippen LogP contribution in [0.3, 0.4) is 0 Å². The topological polar surface area (TPSA) is 86.8 Å². The molecule has 2 atom stereocenters. The highest BCUT2D eigenvalue weighted by atomic mass is 32.2. The average molecular weight is 506 g/mol. The lowest BCUT2D eigenvalue weighted by atomic mass is 10.0. The van der Waals surface area contributed by atoms with Crippen LogP contribution in [0.1, 0.15) is 58.1 Å². The summed E-state index contributed by atoms with van der Waals surface area (Å²) in [5.41, 5.74) is 2.03. The molecule has 0 unspecified atom stereocenters. The Balaban J connectivity index is 2.37. The van der Waals surface area contributed by atoms with Gasteiger partial charge in [0.1, 0.15) is 18.4 Å². The van der Waals surface area contributed by atoms with Crippen LogP contribution in [0.4, 0.5) is 10.1 Å². The fourth-order valence-electron chi connectivity index (χ4n) is 3.47. The minimum absolute atomic E-state index is 0.0259. The second-order valence-corrected chi connectivity index (χ2v) is 11.1. The molecule has 2 amide bonds. The molecule has 0 aromatic heterocycles. The number of nitrogens with one attached hydrogen (secondary N) is 1. The molecule has 0 saturated heterocycles. The molecule has 0 aliphatic heterocycles. The molecule has 0 radical (unpaired) electrons. The monoisotopic (exact) mass is 505 g/mol. The molecule has 0 spiro atoms. The molecule has 192 valence electrons. The van der Waals surface area contributed by atoms with E-state index in [-0.39, 0.29) is 24.4 Å². The van der Waals surface area contributed by atoms with E-state index in [1.54, 1.807) is 19.1 Å². The number of sulfonamides is 1. The van der Waals surface area contributed by atoms with Crippen LogP contribution in [-0.2, 0) is 26.2 Å². The van der Waals surface area contributed by atoms with Crippen LogP contribution in [0, 0.1) is 5.82 Å². The zero-order chi connectivity index (χ0) is 26.3. The first kappa shape index (κ1) is 28.3. The van der Waals surface area contributed by atoms with E-state index in [0.29, 0.717) is 11.3 Å². The number of hydrogen-bond donors (Lipinski definition) is 1. The van der Waals surface area contributed by atoms with E-state index in [2.05, 4.69) is 5.32 Å². The standard InChI is InChI=1S/C26H36FN3O4S/c1-7-19(4)28-26(32)20(5)29(16-21-8-12-23(27)13-9-21)25(31)17-30(35(6,33)34)24-14-10-22(11-15-24)18(2)3/h8-15,18-20H,7,16-17H2,1-6H3,(H,28,32)/t19-,20+/m0/s1. The van der Waals surface area contributed by atoms with Crippen LogP contribution < -0.4 is 9.62 Å². The Kier molecular flexibility index (Phi) is 9.82. The molecule has 2 aromatic carbocycles. The van der Waals surface area contributed by atoms with Gasteiger partial charge in [0.05, 0.1) is 11.9 Å². The number of carbonyl (C=O) groups is 2. The van der Waals surface area contributed by atoms with E-state index in [1.807, 2.05) is 39.8 Å². The molecular weight excluding hydrogens is 469 g/mol. The van der Waals surface area contributed by atoms with Crippen LogP contribution in [0.5, 0.6) is 0 Å². The van der Waals surface area contributed by atoms with Crippen LogP contribution >= 0.6 is 0 Å². The highest BCUT2D eigenvalue weighted by molar-refractivity contribution is 7.92. The van der Waals surface area contributed by atoms with Crippen molar-refractivity contribution in [1.82, 2.24) is 10.2 Å². The minimum Gasteiger partial charge on any atom is -0.352 e. The number of carbonyl (C=O) groups excluding carboxylic acids is 2. The first-order valence-corrected chi connectivity index (χ1v) is 13.6. The summed E-state index contributed by atoms with van der Waals surface area (Å²) in [6.45, 7) is 9.02. The van der Waals surface area contributed by atoms with Gasteiger partial charge in [-0.1, -0.05) is 45.0 Å². The number of benzene rings is 2. The third kappa shape index (κ3) is 8.06. The third-order valence-corrected chi connectivity index (χ3v) is 7.10. The van der Waals surface area contributed by atoms with Crippen molar-refractivity contribution in [2.24, 2.45) is 0 Å². The van der Waals surface area contributed by atoms with Crippen molar-refractivity contribution in [3.8, 4) is 0 Å². The summed E-state index contributed by atoms with van der Waals surface area (Å²) in [6.07, 6.45) is 1.76. The van der Waals surface area contributed by atoms with E-state index in [4.69, 9.17) is 0 Å². The van der Waals surface area contributed by atoms with Gasteiger partial charge in [0.25, 0.3) is 0 Å². The van der Waals surface area contributed by atoms with E-state index < -0.39 is 34.3 Å². The minimum atomic E-state index is -3.79. The molecule has 0 bridgehead atoms. The van der Waals surface area contributed by atoms with Crippen molar-refractivity contribution in [2.45, 2.75) is 65.6 Å². The van der Waals surface area contributed by atoms with Gasteiger partial charge >= 0.3 is 0 Å². The molecule has 7 nitrogen and oxygen atoms in total. The fourth-order valence-corrected chi connectivity index (χ4v) is 4.32. The summed E-state index contributed by atoms with van der Waals surface area (Å²) in [7, 11) is -3.79. The predicted molar refractivity (Wildman–Crippen MR) is 137 cm³/mol. The molecule has 35 heavy (non-hydrogen) atoms. The number of rotatable bonds is 11. The van der Waals surface area contributed by atoms with E-state index >= 15 is 0 Å². The largest absolute Gasteiger partial charge is 0.352 e. The Morgan fingerprint density at radius 3 is 2.03 bits per heavy atom. The summed E-state index contributed by atoms with van der Waals surface area (Å²) >= 11 is 0. The third-order valence-electron chi connectivity index (χ3n) is 5.96. The SMILES string of the molecule is CC[C@H](C)NC(=O)[C@@H](C)N(Cc1ccc(F)cc1)C(=O)CN(c1ccc(C(C)C)cc1)S(C)(=O)=O. The summed E-state index contributed by atoms with van der Waals surface area (Å²) in [6, 6.07) is 11.7. The second kappa shape index (κ2) is 12.2. The predicted octanol–water partition coefficient (Wildman–Crippen LogP) is 4.05. The van der Waals surface area contributed by atoms with E-state index in [0.717, 1.165) is 22.5 Å². The molecule has 9 heteroatoms. The van der Waals surface area contributed by atoms with Crippen LogP contribution in [0.15, 0.2) is 48.5 Å². The summed E-state index contributed by atoms with van der Waals surface area (Å²) in [5.74, 6) is -1.03. The summed E-state index contributed by atoms with van der Waals surface area (Å²) < 4.78 is 39.7. The maximum atomic E-state index is 13.5. The van der Waals surface area contributed by atoms with Crippen molar-refractivity contribution < 1.29 is 22.4 Å². The highest BCUT2D eigenvalue weighted by Gasteiger charge is 2.30. The molecule has 2 aromatic rings. The molecular formula is C26H36FN3O4S. The zero-order valence-electron chi connectivity index (χ0n) is 21.3. The van der Waals surface area contributed by atoms with E-state index in [9.17, 15) is 22.4 Å². The Bertz CT molecular complexity index is 1100. The summed E-state index contributed by atoms with van der Waals surface area (Å²) in [5, 5.41) is 2.87. The number of halogens is 1.